The van der Waals surface area contributed by atoms with Crippen molar-refractivity contribution in [3.8, 4) is 0 Å². The van der Waals surface area contributed by atoms with E-state index >= 15 is 0 Å². The molecule has 27 heavy (non-hydrogen) atoms. The molecular weight excluding hydrogens is 344 g/mol. The van der Waals surface area contributed by atoms with Gasteiger partial charge in [0.25, 0.3) is 0 Å². The summed E-state index contributed by atoms with van der Waals surface area (Å²) in [6.45, 7) is 10.1. The van der Waals surface area contributed by atoms with Gasteiger partial charge in [-0.15, -0.1) is 0 Å². The molecule has 0 saturated heterocycles. The van der Waals surface area contributed by atoms with Crippen LogP contribution < -0.4 is 0 Å². The number of benzene rings is 1. The Bertz CT molecular complexity index is 515. The van der Waals surface area contributed by atoms with Crippen LogP contribution in [0.2, 0.25) is 0 Å². The van der Waals surface area contributed by atoms with Crippen molar-refractivity contribution in [3.05, 3.63) is 35.9 Å². The molecule has 4 atom stereocenters. The highest BCUT2D eigenvalue weighted by Crippen LogP contribution is 2.19. The molecule has 0 saturated carbocycles. The van der Waals surface area contributed by atoms with E-state index in [1.807, 2.05) is 65.0 Å². The van der Waals surface area contributed by atoms with Crippen LogP contribution in [0.1, 0.15) is 59.4 Å². The Morgan fingerprint density at radius 2 is 1.67 bits per heavy atom. The zero-order chi connectivity index (χ0) is 20.2. The Balaban J connectivity index is 2.73. The third-order valence-corrected chi connectivity index (χ3v) is 4.75. The maximum atomic E-state index is 12.5. The first-order valence-corrected chi connectivity index (χ1v) is 10.0. The lowest BCUT2D eigenvalue weighted by Crippen LogP contribution is -2.37. The molecule has 0 heterocycles. The minimum atomic E-state index is -0.400. The van der Waals surface area contributed by atoms with Crippen LogP contribution in [0.15, 0.2) is 30.3 Å². The van der Waals surface area contributed by atoms with Crippen molar-refractivity contribution in [2.24, 2.45) is 5.92 Å². The van der Waals surface area contributed by atoms with Crippen LogP contribution >= 0.6 is 0 Å². The van der Waals surface area contributed by atoms with Gasteiger partial charge < -0.3 is 19.3 Å². The number of hydrogen-bond acceptors (Lipinski definition) is 5. The number of aliphatic hydroxyl groups excluding tert-OH is 1. The molecule has 5 heteroatoms. The molecule has 4 unspecified atom stereocenters. The van der Waals surface area contributed by atoms with Crippen LogP contribution in [0.5, 0.6) is 0 Å². The van der Waals surface area contributed by atoms with Crippen molar-refractivity contribution < 1.29 is 24.1 Å². The predicted molar refractivity (Wildman–Crippen MR) is 106 cm³/mol. The first-order valence-electron chi connectivity index (χ1n) is 10.0. The summed E-state index contributed by atoms with van der Waals surface area (Å²) in [6.07, 6.45) is 0.961. The number of esters is 1. The lowest BCUT2D eigenvalue weighted by molar-refractivity contribution is -0.166. The summed E-state index contributed by atoms with van der Waals surface area (Å²) in [5.74, 6) is -0.274. The number of rotatable bonds is 13. The molecule has 0 bridgehead atoms. The highest BCUT2D eigenvalue weighted by atomic mass is 16.6. The van der Waals surface area contributed by atoms with Gasteiger partial charge in [-0.25, -0.2) is 0 Å². The molecule has 0 aromatic heterocycles. The normalized spacial score (nSPS) is 16.0. The molecular formula is C22H36O5. The molecule has 1 aromatic rings. The predicted octanol–water partition coefficient (Wildman–Crippen LogP) is 4.12. The van der Waals surface area contributed by atoms with Gasteiger partial charge in [0.05, 0.1) is 37.4 Å². The fourth-order valence-electron chi connectivity index (χ4n) is 2.93. The number of ether oxygens (including phenoxy) is 3. The van der Waals surface area contributed by atoms with E-state index < -0.39 is 6.10 Å². The lowest BCUT2D eigenvalue weighted by Gasteiger charge is -2.29. The largest absolute Gasteiger partial charge is 0.459 e. The molecule has 0 aliphatic rings. The molecule has 1 rings (SSSR count). The van der Waals surface area contributed by atoms with Crippen molar-refractivity contribution in [2.45, 2.75) is 84.9 Å². The van der Waals surface area contributed by atoms with E-state index in [4.69, 9.17) is 14.2 Å². The van der Waals surface area contributed by atoms with Gasteiger partial charge in [-0.05, 0) is 39.2 Å². The highest BCUT2D eigenvalue weighted by Gasteiger charge is 2.28. The fraction of sp³-hybridized carbons (Fsp3) is 0.682. The first-order chi connectivity index (χ1) is 12.9. The molecule has 0 fully saturated rings. The van der Waals surface area contributed by atoms with Crippen LogP contribution in [-0.4, -0.2) is 42.1 Å². The van der Waals surface area contributed by atoms with E-state index in [9.17, 15) is 9.90 Å². The van der Waals surface area contributed by atoms with Gasteiger partial charge in [-0.3, -0.25) is 4.79 Å². The maximum Gasteiger partial charge on any atom is 0.309 e. The Labute approximate surface area is 164 Å². The monoisotopic (exact) mass is 380 g/mol. The van der Waals surface area contributed by atoms with Gasteiger partial charge in [0.15, 0.2) is 0 Å². The van der Waals surface area contributed by atoms with Crippen LogP contribution in [0, 0.1) is 5.92 Å². The van der Waals surface area contributed by atoms with E-state index in [0.717, 1.165) is 18.4 Å². The van der Waals surface area contributed by atoms with Crippen molar-refractivity contribution in [2.75, 3.05) is 6.61 Å². The second-order valence-corrected chi connectivity index (χ2v) is 7.17. The first kappa shape index (κ1) is 23.6. The molecule has 154 valence electrons. The third kappa shape index (κ3) is 8.87. The topological polar surface area (TPSA) is 65.0 Å². The number of hydrogen-bond donors (Lipinski definition) is 1. The second kappa shape index (κ2) is 12.9. The Morgan fingerprint density at radius 1 is 1.04 bits per heavy atom. The summed E-state index contributed by atoms with van der Waals surface area (Å²) < 4.78 is 17.6. The fourth-order valence-corrected chi connectivity index (χ4v) is 2.93. The van der Waals surface area contributed by atoms with Crippen molar-refractivity contribution >= 4 is 5.97 Å². The number of carbonyl (C=O) groups excluding carboxylic acids is 1. The molecule has 0 amide bonds. The Kier molecular flexibility index (Phi) is 11.3. The van der Waals surface area contributed by atoms with Crippen molar-refractivity contribution in [1.29, 1.82) is 0 Å². The summed E-state index contributed by atoms with van der Waals surface area (Å²) in [7, 11) is 0. The minimum absolute atomic E-state index is 0.0391. The van der Waals surface area contributed by atoms with Crippen molar-refractivity contribution in [3.63, 3.8) is 0 Å². The molecule has 0 aliphatic carbocycles. The quantitative estimate of drug-likeness (QED) is 0.522. The average Bonchev–Trinajstić information content (AvgIpc) is 2.67. The Morgan fingerprint density at radius 3 is 2.22 bits per heavy atom. The van der Waals surface area contributed by atoms with Gasteiger partial charge in [-0.2, -0.15) is 0 Å². The summed E-state index contributed by atoms with van der Waals surface area (Å²) >= 11 is 0. The maximum absolute atomic E-state index is 12.5. The number of aliphatic hydroxyl groups is 1. The lowest BCUT2D eigenvalue weighted by atomic mass is 10.0. The van der Waals surface area contributed by atoms with Crippen molar-refractivity contribution in [1.82, 2.24) is 0 Å². The van der Waals surface area contributed by atoms with Gasteiger partial charge in [0, 0.05) is 6.42 Å². The smallest absolute Gasteiger partial charge is 0.309 e. The van der Waals surface area contributed by atoms with Crippen LogP contribution in [-0.2, 0) is 25.6 Å². The Hall–Kier alpha value is -1.43. The summed E-state index contributed by atoms with van der Waals surface area (Å²) in [4.78, 5) is 12.5. The number of carbonyl (C=O) groups is 1. The summed E-state index contributed by atoms with van der Waals surface area (Å²) in [5.41, 5.74) is 1.08. The van der Waals surface area contributed by atoms with E-state index in [0.29, 0.717) is 13.0 Å². The van der Waals surface area contributed by atoms with Crippen LogP contribution in [0.4, 0.5) is 0 Å². The summed E-state index contributed by atoms with van der Waals surface area (Å²) in [5, 5.41) is 9.18. The second-order valence-electron chi connectivity index (χ2n) is 7.17. The zero-order valence-electron chi connectivity index (χ0n) is 17.4. The molecule has 0 aliphatic heterocycles. The van der Waals surface area contributed by atoms with Crippen LogP contribution in [0.3, 0.4) is 0 Å². The van der Waals surface area contributed by atoms with E-state index in [2.05, 4.69) is 0 Å². The van der Waals surface area contributed by atoms with E-state index in [1.54, 1.807) is 0 Å². The molecule has 5 nitrogen and oxygen atoms in total. The molecule has 0 radical (unpaired) electrons. The van der Waals surface area contributed by atoms with E-state index in [1.165, 1.54) is 0 Å². The van der Waals surface area contributed by atoms with Gasteiger partial charge >= 0.3 is 5.97 Å². The standard InChI is InChI=1S/C22H36O5/c1-6-20(7-2)22(24)27-21(13-16(3)26-17(4)14-23)18(5)25-15-19-11-9-8-10-12-19/h8-12,16-18,20-21,23H,6-7,13-15H2,1-5H3. The highest BCUT2D eigenvalue weighted by molar-refractivity contribution is 5.72. The average molecular weight is 381 g/mol. The van der Waals surface area contributed by atoms with Gasteiger partial charge in [0.2, 0.25) is 0 Å². The minimum Gasteiger partial charge on any atom is -0.459 e. The molecule has 1 aromatic carbocycles. The zero-order valence-corrected chi connectivity index (χ0v) is 17.4. The molecule has 1 N–H and O–H groups in total. The van der Waals surface area contributed by atoms with Gasteiger partial charge in [0.1, 0.15) is 6.10 Å². The SMILES string of the molecule is CCC(CC)C(=O)OC(CC(C)OC(C)CO)C(C)OCc1ccccc1. The third-order valence-electron chi connectivity index (χ3n) is 4.75. The van der Waals surface area contributed by atoms with Gasteiger partial charge in [-0.1, -0.05) is 44.2 Å². The van der Waals surface area contributed by atoms with E-state index in [-0.39, 0.29) is 36.8 Å². The summed E-state index contributed by atoms with van der Waals surface area (Å²) in [6, 6.07) is 9.92. The van der Waals surface area contributed by atoms with Crippen LogP contribution in [0.25, 0.3) is 0 Å². The molecule has 0 spiro atoms.